The molecule has 1 aliphatic rings. The summed E-state index contributed by atoms with van der Waals surface area (Å²) in [6.07, 6.45) is 6.33. The predicted octanol–water partition coefficient (Wildman–Crippen LogP) is 3.55. The van der Waals surface area contributed by atoms with E-state index in [1.807, 2.05) is 0 Å². The molecule has 0 radical (unpaired) electrons. The number of Topliss-reactive ketones (excluding diaryl/α,β-unsaturated/α-hetero) is 1. The zero-order valence-electron chi connectivity index (χ0n) is 16.1. The number of hydrogen-bond acceptors (Lipinski definition) is 5. The second-order valence-corrected chi connectivity index (χ2v) is 7.03. The topological polar surface area (TPSA) is 83.4 Å². The molecule has 3 aromatic rings. The quantitative estimate of drug-likeness (QED) is 0.409. The minimum atomic E-state index is -0.800. The number of aryl methyl sites for hydroxylation is 1. The van der Waals surface area contributed by atoms with E-state index in [9.17, 15) is 19.1 Å². The van der Waals surface area contributed by atoms with Crippen molar-refractivity contribution < 1.29 is 19.1 Å². The van der Waals surface area contributed by atoms with Crippen LogP contribution in [-0.4, -0.2) is 31.7 Å². The number of nitrogens with zero attached hydrogens (tertiary/aromatic N) is 3. The molecule has 150 valence electrons. The number of aliphatic hydroxyl groups is 1. The Morgan fingerprint density at radius 1 is 1.03 bits per heavy atom. The van der Waals surface area contributed by atoms with Crippen LogP contribution >= 0.6 is 0 Å². The molecule has 0 saturated carbocycles. The fourth-order valence-electron chi connectivity index (χ4n) is 3.57. The molecule has 1 atom stereocenters. The van der Waals surface area contributed by atoms with Crippen molar-refractivity contribution in [2.75, 3.05) is 0 Å². The van der Waals surface area contributed by atoms with Gasteiger partial charge >= 0.3 is 0 Å². The van der Waals surface area contributed by atoms with Gasteiger partial charge in [-0.25, -0.2) is 4.39 Å². The molecule has 6 nitrogen and oxygen atoms in total. The average Bonchev–Trinajstić information content (AvgIpc) is 3.01. The maximum Gasteiger partial charge on any atom is 0.295 e. The summed E-state index contributed by atoms with van der Waals surface area (Å²) in [6.45, 7) is 1.73. The first-order valence-corrected chi connectivity index (χ1v) is 9.31. The number of hydrogen-bond donors (Lipinski definition) is 1. The summed E-state index contributed by atoms with van der Waals surface area (Å²) in [5.41, 5.74) is 1.99. The molecule has 1 aromatic carbocycles. The number of aliphatic hydroxyl groups excluding tert-OH is 1. The van der Waals surface area contributed by atoms with Crippen LogP contribution in [0.15, 0.2) is 72.8 Å². The van der Waals surface area contributed by atoms with Crippen molar-refractivity contribution >= 4 is 17.4 Å². The van der Waals surface area contributed by atoms with Gasteiger partial charge in [0.2, 0.25) is 0 Å². The standard InChI is InChI=1S/C23H18FN3O3/c1-14-12-17(2-3-18(14)24)21(28)19-20(16-6-10-26-11-7-16)27(23(30)22(19)29)13-15-4-8-25-9-5-15/h2-12,20,28H,13H2,1H3/b21-19-. The van der Waals surface area contributed by atoms with Crippen molar-refractivity contribution in [3.05, 3.63) is 101 Å². The number of aromatic nitrogens is 2. The normalized spacial score (nSPS) is 18.1. The summed E-state index contributed by atoms with van der Waals surface area (Å²) in [5, 5.41) is 11.0. The highest BCUT2D eigenvalue weighted by Crippen LogP contribution is 2.40. The second kappa shape index (κ2) is 7.87. The van der Waals surface area contributed by atoms with E-state index in [2.05, 4.69) is 9.97 Å². The molecule has 1 aliphatic heterocycles. The number of carbonyl (C=O) groups excluding carboxylic acids is 2. The van der Waals surface area contributed by atoms with Gasteiger partial charge in [-0.3, -0.25) is 19.6 Å². The van der Waals surface area contributed by atoms with Crippen LogP contribution in [0.3, 0.4) is 0 Å². The molecule has 0 aliphatic carbocycles. The molecular formula is C23H18FN3O3. The van der Waals surface area contributed by atoms with E-state index in [0.717, 1.165) is 5.56 Å². The highest BCUT2D eigenvalue weighted by atomic mass is 19.1. The number of carbonyl (C=O) groups is 2. The Morgan fingerprint density at radius 2 is 1.67 bits per heavy atom. The average molecular weight is 403 g/mol. The van der Waals surface area contributed by atoms with Gasteiger partial charge in [0.25, 0.3) is 11.7 Å². The Kier molecular flexibility index (Phi) is 5.10. The van der Waals surface area contributed by atoms with Crippen LogP contribution in [0.2, 0.25) is 0 Å². The number of likely N-dealkylation sites (tertiary alicyclic amines) is 1. The highest BCUT2D eigenvalue weighted by Gasteiger charge is 2.46. The van der Waals surface area contributed by atoms with E-state index in [4.69, 9.17) is 0 Å². The van der Waals surface area contributed by atoms with Crippen LogP contribution in [0.5, 0.6) is 0 Å². The van der Waals surface area contributed by atoms with Gasteiger partial charge in [0.15, 0.2) is 0 Å². The lowest BCUT2D eigenvalue weighted by molar-refractivity contribution is -0.140. The maximum absolute atomic E-state index is 13.7. The van der Waals surface area contributed by atoms with Gasteiger partial charge in [0.1, 0.15) is 11.6 Å². The lowest BCUT2D eigenvalue weighted by atomic mass is 9.95. The molecule has 1 unspecified atom stereocenters. The number of benzene rings is 1. The van der Waals surface area contributed by atoms with E-state index in [1.54, 1.807) is 56.0 Å². The van der Waals surface area contributed by atoms with E-state index < -0.39 is 23.5 Å². The highest BCUT2D eigenvalue weighted by molar-refractivity contribution is 6.46. The minimum absolute atomic E-state index is 0.0359. The van der Waals surface area contributed by atoms with Crippen molar-refractivity contribution in [2.45, 2.75) is 19.5 Å². The molecule has 30 heavy (non-hydrogen) atoms. The molecule has 3 heterocycles. The molecule has 4 rings (SSSR count). The Morgan fingerprint density at radius 3 is 2.30 bits per heavy atom. The monoisotopic (exact) mass is 403 g/mol. The summed E-state index contributed by atoms with van der Waals surface area (Å²) >= 11 is 0. The van der Waals surface area contributed by atoms with Crippen LogP contribution in [0, 0.1) is 12.7 Å². The summed E-state index contributed by atoms with van der Waals surface area (Å²) in [5.74, 6) is -2.26. The molecule has 1 saturated heterocycles. The van der Waals surface area contributed by atoms with Crippen molar-refractivity contribution in [2.24, 2.45) is 0 Å². The number of amides is 1. The molecule has 0 spiro atoms. The summed E-state index contributed by atoms with van der Waals surface area (Å²) in [4.78, 5) is 35.2. The first-order valence-electron chi connectivity index (χ1n) is 9.31. The lowest BCUT2D eigenvalue weighted by Crippen LogP contribution is -2.29. The summed E-state index contributed by atoms with van der Waals surface area (Å²) in [7, 11) is 0. The first kappa shape index (κ1) is 19.4. The van der Waals surface area contributed by atoms with Gasteiger partial charge in [0, 0.05) is 36.9 Å². The zero-order chi connectivity index (χ0) is 21.3. The van der Waals surface area contributed by atoms with Crippen LogP contribution in [0.25, 0.3) is 5.76 Å². The van der Waals surface area contributed by atoms with Crippen molar-refractivity contribution in [1.29, 1.82) is 0 Å². The molecular weight excluding hydrogens is 385 g/mol. The van der Waals surface area contributed by atoms with Crippen LogP contribution in [0.4, 0.5) is 4.39 Å². The molecule has 0 bridgehead atoms. The lowest BCUT2D eigenvalue weighted by Gasteiger charge is -2.25. The molecule has 1 N–H and O–H groups in total. The van der Waals surface area contributed by atoms with E-state index in [0.29, 0.717) is 11.1 Å². The molecule has 2 aromatic heterocycles. The van der Waals surface area contributed by atoms with Crippen LogP contribution in [0.1, 0.15) is 28.3 Å². The first-order chi connectivity index (χ1) is 14.5. The fourth-order valence-corrected chi connectivity index (χ4v) is 3.57. The van der Waals surface area contributed by atoms with Crippen LogP contribution < -0.4 is 0 Å². The number of ketones is 1. The van der Waals surface area contributed by atoms with Gasteiger partial charge in [-0.2, -0.15) is 0 Å². The van der Waals surface area contributed by atoms with Gasteiger partial charge in [-0.05, 0) is 66.1 Å². The molecule has 1 fully saturated rings. The van der Waals surface area contributed by atoms with Gasteiger partial charge in [0.05, 0.1) is 11.6 Å². The Balaban J connectivity index is 1.86. The van der Waals surface area contributed by atoms with Gasteiger partial charge in [-0.1, -0.05) is 0 Å². The second-order valence-electron chi connectivity index (χ2n) is 7.03. The predicted molar refractivity (Wildman–Crippen MR) is 107 cm³/mol. The minimum Gasteiger partial charge on any atom is -0.507 e. The molecule has 1 amide bonds. The van der Waals surface area contributed by atoms with Crippen molar-refractivity contribution in [3.8, 4) is 0 Å². The Hall–Kier alpha value is -3.87. The van der Waals surface area contributed by atoms with Crippen LogP contribution in [-0.2, 0) is 16.1 Å². The van der Waals surface area contributed by atoms with Gasteiger partial charge in [-0.15, -0.1) is 0 Å². The summed E-state index contributed by atoms with van der Waals surface area (Å²) in [6, 6.07) is 10.2. The molecule has 7 heteroatoms. The third kappa shape index (κ3) is 3.45. The fraction of sp³-hybridized carbons (Fsp3) is 0.130. The van der Waals surface area contributed by atoms with Gasteiger partial charge < -0.3 is 10.0 Å². The zero-order valence-corrected chi connectivity index (χ0v) is 16.1. The van der Waals surface area contributed by atoms with Crippen molar-refractivity contribution in [1.82, 2.24) is 14.9 Å². The smallest absolute Gasteiger partial charge is 0.295 e. The van der Waals surface area contributed by atoms with E-state index in [1.165, 1.54) is 23.1 Å². The third-order valence-corrected chi connectivity index (χ3v) is 5.10. The van der Waals surface area contributed by atoms with E-state index in [-0.39, 0.29) is 23.4 Å². The number of pyridine rings is 2. The number of halogens is 1. The Labute approximate surface area is 172 Å². The summed E-state index contributed by atoms with van der Waals surface area (Å²) < 4.78 is 13.7. The Bertz CT molecular complexity index is 1150. The van der Waals surface area contributed by atoms with E-state index >= 15 is 0 Å². The third-order valence-electron chi connectivity index (χ3n) is 5.10. The number of rotatable bonds is 4. The SMILES string of the molecule is Cc1cc(/C(O)=C2/C(=O)C(=O)N(Cc3ccncc3)C2c2ccncc2)ccc1F. The largest absolute Gasteiger partial charge is 0.507 e. The maximum atomic E-state index is 13.7. The van der Waals surface area contributed by atoms with Crippen molar-refractivity contribution in [3.63, 3.8) is 0 Å².